The molecule has 0 saturated heterocycles. The largest absolute Gasteiger partial charge is 0.311 e. The van der Waals surface area contributed by atoms with Crippen LogP contribution in [0.3, 0.4) is 0 Å². The highest BCUT2D eigenvalue weighted by molar-refractivity contribution is 7.00. The van der Waals surface area contributed by atoms with E-state index in [1.165, 1.54) is 22.3 Å². The summed E-state index contributed by atoms with van der Waals surface area (Å²) in [6.07, 6.45) is 0. The van der Waals surface area contributed by atoms with E-state index in [2.05, 4.69) is 272 Å². The molecule has 15 aromatic rings. The van der Waals surface area contributed by atoms with Crippen molar-refractivity contribution >= 4 is 101 Å². The summed E-state index contributed by atoms with van der Waals surface area (Å²) in [5.41, 5.74) is 22.4. The van der Waals surface area contributed by atoms with E-state index in [4.69, 9.17) is 8.22 Å². The average Bonchev–Trinajstić information content (AvgIpc) is 1.53. The van der Waals surface area contributed by atoms with Gasteiger partial charge in [-0.3, -0.25) is 0 Å². The molecular formula is C94H83BN4. The Morgan fingerprint density at radius 3 is 1.01 bits per heavy atom. The van der Waals surface area contributed by atoms with Crippen LogP contribution in [0.15, 0.2) is 285 Å². The van der Waals surface area contributed by atoms with E-state index in [9.17, 15) is 5.48 Å². The maximum atomic E-state index is 9.62. The van der Waals surface area contributed by atoms with Crippen LogP contribution < -0.4 is 26.2 Å². The van der Waals surface area contributed by atoms with Crippen LogP contribution in [-0.4, -0.2) is 15.8 Å². The molecule has 0 unspecified atom stereocenters. The second kappa shape index (κ2) is 22.9. The highest BCUT2D eigenvalue weighted by Gasteiger charge is 2.45. The SMILES string of the molecule is [2H]c1c([2H])c([2H])c(-c2ccccc2N2c3cc(-n4c5ccccc5c5cccc(-c6cc(C(C)(C)C)cc(C(C)(C)C)c6)c54)ccc3B3c4ccc(-n5c6ccccc6c6cccc(-c7cc(C(C)(C)C)cc(C(C)(C)C)c7)c65)cc4N(c4ccccc4-c4c([2H])c([2H])c([2H])c([2H])c4[2H])c4cccc2c43)c([2H])c1[2H]. The molecule has 5 heteroatoms. The maximum absolute atomic E-state index is 9.62. The second-order valence-electron chi connectivity index (χ2n) is 31.0. The summed E-state index contributed by atoms with van der Waals surface area (Å²) in [4.78, 5) is 4.42. The van der Waals surface area contributed by atoms with Gasteiger partial charge in [-0.15, -0.1) is 0 Å². The highest BCUT2D eigenvalue weighted by atomic mass is 15.2. The van der Waals surface area contributed by atoms with Crippen LogP contribution in [-0.2, 0) is 21.7 Å². The lowest BCUT2D eigenvalue weighted by Gasteiger charge is -2.45. The molecule has 0 atom stereocenters. The number of benzene rings is 13. The molecule has 4 nitrogen and oxygen atoms in total. The molecule has 0 fully saturated rings. The Bertz CT molecular complexity index is 5890. The monoisotopic (exact) mass is 1290 g/mol. The average molecular weight is 1290 g/mol. The topological polar surface area (TPSA) is 16.3 Å². The zero-order valence-corrected chi connectivity index (χ0v) is 58.2. The van der Waals surface area contributed by atoms with E-state index in [0.717, 1.165) is 116 Å². The predicted octanol–water partition coefficient (Wildman–Crippen LogP) is 23.8. The van der Waals surface area contributed by atoms with Crippen LogP contribution in [0.25, 0.3) is 99.5 Å². The molecule has 0 saturated carbocycles. The number of para-hydroxylation sites is 6. The maximum Gasteiger partial charge on any atom is 0.252 e. The number of rotatable bonds is 8. The van der Waals surface area contributed by atoms with Crippen molar-refractivity contribution in [3.63, 3.8) is 0 Å². The zero-order valence-electron chi connectivity index (χ0n) is 68.2. The summed E-state index contributed by atoms with van der Waals surface area (Å²) in [7, 11) is 0. The number of anilines is 6. The van der Waals surface area contributed by atoms with Crippen LogP contribution in [0.4, 0.5) is 34.1 Å². The number of nitrogens with zero attached hydrogens (tertiary/aromatic N) is 4. The van der Waals surface area contributed by atoms with E-state index < -0.39 is 43.0 Å². The van der Waals surface area contributed by atoms with Gasteiger partial charge in [0.1, 0.15) is 0 Å². The molecule has 99 heavy (non-hydrogen) atoms. The van der Waals surface area contributed by atoms with Crippen molar-refractivity contribution in [1.29, 1.82) is 0 Å². The molecule has 2 aliphatic heterocycles. The molecule has 0 N–H and O–H groups in total. The van der Waals surface area contributed by atoms with Crippen molar-refractivity contribution < 1.29 is 13.7 Å². The normalized spacial score (nSPS) is 14.6. The summed E-state index contributed by atoms with van der Waals surface area (Å²) in [6, 6.07) is 75.4. The minimum absolute atomic E-state index is 0.0576. The quantitative estimate of drug-likeness (QED) is 0.141. The molecule has 0 radical (unpaired) electrons. The third kappa shape index (κ3) is 10.2. The third-order valence-corrected chi connectivity index (χ3v) is 20.6. The van der Waals surface area contributed by atoms with Gasteiger partial charge in [0, 0.05) is 77.9 Å². The van der Waals surface area contributed by atoms with Crippen LogP contribution in [0, 0.1) is 0 Å². The van der Waals surface area contributed by atoms with Gasteiger partial charge in [0.15, 0.2) is 0 Å². The van der Waals surface area contributed by atoms with Crippen molar-refractivity contribution in [2.45, 2.75) is 105 Å². The van der Waals surface area contributed by atoms with Gasteiger partial charge in [0.2, 0.25) is 0 Å². The minimum Gasteiger partial charge on any atom is -0.311 e. The Morgan fingerprint density at radius 2 is 0.616 bits per heavy atom. The number of aromatic nitrogens is 2. The lowest BCUT2D eigenvalue weighted by Crippen LogP contribution is -2.61. The van der Waals surface area contributed by atoms with Gasteiger partial charge < -0.3 is 18.9 Å². The van der Waals surface area contributed by atoms with Crippen molar-refractivity contribution in [3.8, 4) is 55.9 Å². The lowest BCUT2D eigenvalue weighted by atomic mass is 9.33. The molecule has 13 aromatic carbocycles. The third-order valence-electron chi connectivity index (χ3n) is 20.6. The molecule has 482 valence electrons. The minimum atomic E-state index is -0.512. The molecule has 0 amide bonds. The van der Waals surface area contributed by atoms with Gasteiger partial charge in [0.25, 0.3) is 6.71 Å². The summed E-state index contributed by atoms with van der Waals surface area (Å²) < 4.78 is 97.3. The molecule has 4 heterocycles. The van der Waals surface area contributed by atoms with E-state index >= 15 is 0 Å². The van der Waals surface area contributed by atoms with E-state index in [0.29, 0.717) is 22.5 Å². The van der Waals surface area contributed by atoms with Gasteiger partial charge in [-0.1, -0.05) is 307 Å². The first kappa shape index (κ1) is 51.4. The van der Waals surface area contributed by atoms with E-state index in [1.807, 2.05) is 54.6 Å². The van der Waals surface area contributed by atoms with Crippen molar-refractivity contribution in [1.82, 2.24) is 9.13 Å². The Balaban J connectivity index is 0.990. The Kier molecular flexibility index (Phi) is 11.9. The first-order chi connectivity index (χ1) is 51.8. The smallest absolute Gasteiger partial charge is 0.252 e. The Labute approximate surface area is 598 Å². The molecule has 0 bridgehead atoms. The first-order valence-electron chi connectivity index (χ1n) is 39.5. The Hall–Kier alpha value is -10.9. The number of hydrogen-bond acceptors (Lipinski definition) is 2. The van der Waals surface area contributed by atoms with E-state index in [1.54, 1.807) is 0 Å². The van der Waals surface area contributed by atoms with Crippen molar-refractivity contribution in [2.75, 3.05) is 9.80 Å². The molecule has 2 aromatic heterocycles. The molecule has 17 rings (SSSR count). The highest BCUT2D eigenvalue weighted by Crippen LogP contribution is 2.51. The van der Waals surface area contributed by atoms with Gasteiger partial charge in [0.05, 0.1) is 47.1 Å². The molecule has 2 aliphatic rings. The number of fused-ring (bicyclic) bond motifs is 10. The zero-order chi connectivity index (χ0) is 76.7. The molecule has 0 spiro atoms. The van der Waals surface area contributed by atoms with Crippen molar-refractivity contribution in [3.05, 3.63) is 307 Å². The van der Waals surface area contributed by atoms with Crippen LogP contribution in [0.2, 0.25) is 0 Å². The summed E-state index contributed by atoms with van der Waals surface area (Å²) in [5.74, 6) is 0. The van der Waals surface area contributed by atoms with Gasteiger partial charge in [-0.05, 0) is 143 Å². The first-order valence-corrected chi connectivity index (χ1v) is 34.5. The molecule has 0 aliphatic carbocycles. The fourth-order valence-electron chi connectivity index (χ4n) is 15.6. The van der Waals surface area contributed by atoms with Gasteiger partial charge in [-0.25, -0.2) is 0 Å². The van der Waals surface area contributed by atoms with Gasteiger partial charge in [-0.2, -0.15) is 0 Å². The van der Waals surface area contributed by atoms with Gasteiger partial charge >= 0.3 is 0 Å². The lowest BCUT2D eigenvalue weighted by molar-refractivity contribution is 0.568. The van der Waals surface area contributed by atoms with Crippen LogP contribution in [0.5, 0.6) is 0 Å². The number of hydrogen-bond donors (Lipinski definition) is 0. The summed E-state index contributed by atoms with van der Waals surface area (Å²) in [6.45, 7) is 26.8. The van der Waals surface area contributed by atoms with Crippen LogP contribution in [0.1, 0.15) is 119 Å². The standard InChI is InChI=1S/C94H83BN4/c1-91(2,3)64-52-62(53-65(56-64)92(4,5)6)72-38-27-40-76-74-36-21-25-44-82(74)96(89(72)76)68-48-50-78-86(58-68)98(80-42-23-19-34-70(80)60-30-15-13-16-31-60)84-46-29-47-85-88(84)95(78)79-51-49-69(59-87(79)99(85)81-43-24-20-35-71(81)61-32-17-14-18-33-61)97-83-45-26-22-37-75(83)77-41-28-39-73(90(77)97)63-54-66(93(7,8)9)57-67(55-63)94(10,11)12/h13-59H,1-12H3/i13D,14D,15D,16D,17D,18D,30D,31D,32D,33D. The fourth-order valence-corrected chi connectivity index (χ4v) is 15.6. The fraction of sp³-hybridized carbons (Fsp3) is 0.170. The summed E-state index contributed by atoms with van der Waals surface area (Å²) >= 11 is 0. The second-order valence-corrected chi connectivity index (χ2v) is 31.0. The van der Waals surface area contributed by atoms with Crippen LogP contribution >= 0.6 is 0 Å². The Morgan fingerprint density at radius 1 is 0.283 bits per heavy atom. The van der Waals surface area contributed by atoms with E-state index in [-0.39, 0.29) is 57.0 Å². The van der Waals surface area contributed by atoms with Crippen molar-refractivity contribution in [2.24, 2.45) is 0 Å². The predicted molar refractivity (Wildman–Crippen MR) is 426 cm³/mol. The summed E-state index contributed by atoms with van der Waals surface area (Å²) in [5, 5.41) is 4.35. The molecular weight excluding hydrogens is 1200 g/mol.